The molecule has 0 amide bonds. The fraction of sp³-hybridized carbons (Fsp3) is 0.600. The number of benzene rings is 1. The second-order valence-corrected chi connectivity index (χ2v) is 5.53. The maximum atomic E-state index is 5.61. The van der Waals surface area contributed by atoms with Gasteiger partial charge in [0.15, 0.2) is 0 Å². The monoisotopic (exact) mass is 248 g/mol. The lowest BCUT2D eigenvalue weighted by Crippen LogP contribution is -2.42. The molecule has 0 bridgehead atoms. The molecule has 1 aliphatic heterocycles. The first kappa shape index (κ1) is 13.4. The Labute approximate surface area is 110 Å². The number of nitrogens with zero attached hydrogens (tertiary/aromatic N) is 1. The summed E-state index contributed by atoms with van der Waals surface area (Å²) >= 11 is 0. The minimum atomic E-state index is 0.257. The summed E-state index contributed by atoms with van der Waals surface area (Å²) in [7, 11) is 4.19. The zero-order valence-corrected chi connectivity index (χ0v) is 11.7. The van der Waals surface area contributed by atoms with E-state index < -0.39 is 0 Å². The zero-order chi connectivity index (χ0) is 13.0. The van der Waals surface area contributed by atoms with E-state index in [1.165, 1.54) is 11.3 Å². The third-order valence-electron chi connectivity index (χ3n) is 3.75. The van der Waals surface area contributed by atoms with Crippen LogP contribution in [0.5, 0.6) is 0 Å². The van der Waals surface area contributed by atoms with E-state index in [0.717, 1.165) is 32.7 Å². The van der Waals surface area contributed by atoms with Gasteiger partial charge in [0, 0.05) is 37.8 Å². The SMILES string of the molecule is CNCC1(CN(C)c2cccc(C)c2)CCOC1. The van der Waals surface area contributed by atoms with Crippen LogP contribution < -0.4 is 10.2 Å². The maximum Gasteiger partial charge on any atom is 0.0552 e. The highest BCUT2D eigenvalue weighted by atomic mass is 16.5. The number of aryl methyl sites for hydroxylation is 1. The second-order valence-electron chi connectivity index (χ2n) is 5.53. The van der Waals surface area contributed by atoms with E-state index in [9.17, 15) is 0 Å². The average molecular weight is 248 g/mol. The van der Waals surface area contributed by atoms with E-state index in [-0.39, 0.29) is 5.41 Å². The first-order chi connectivity index (χ1) is 8.65. The summed E-state index contributed by atoms with van der Waals surface area (Å²) in [6.45, 7) is 5.95. The van der Waals surface area contributed by atoms with Gasteiger partial charge < -0.3 is 15.0 Å². The van der Waals surface area contributed by atoms with Crippen molar-refractivity contribution in [2.24, 2.45) is 5.41 Å². The van der Waals surface area contributed by atoms with E-state index in [0.29, 0.717) is 0 Å². The number of anilines is 1. The Morgan fingerprint density at radius 1 is 1.44 bits per heavy atom. The summed E-state index contributed by atoms with van der Waals surface area (Å²) in [5.74, 6) is 0. The van der Waals surface area contributed by atoms with Gasteiger partial charge in [-0.3, -0.25) is 0 Å². The van der Waals surface area contributed by atoms with Crippen LogP contribution in [0.4, 0.5) is 5.69 Å². The Morgan fingerprint density at radius 3 is 2.89 bits per heavy atom. The van der Waals surface area contributed by atoms with Crippen LogP contribution in [0.2, 0.25) is 0 Å². The molecule has 1 aromatic carbocycles. The molecule has 0 aliphatic carbocycles. The van der Waals surface area contributed by atoms with E-state index in [1.807, 2.05) is 7.05 Å². The number of rotatable bonds is 5. The van der Waals surface area contributed by atoms with Crippen LogP contribution in [0, 0.1) is 12.3 Å². The van der Waals surface area contributed by atoms with Gasteiger partial charge in [-0.2, -0.15) is 0 Å². The van der Waals surface area contributed by atoms with Gasteiger partial charge in [0.05, 0.1) is 6.61 Å². The third-order valence-corrected chi connectivity index (χ3v) is 3.75. The Hall–Kier alpha value is -1.06. The highest BCUT2D eigenvalue weighted by Crippen LogP contribution is 2.30. The summed E-state index contributed by atoms with van der Waals surface area (Å²) < 4.78 is 5.61. The molecule has 0 aromatic heterocycles. The van der Waals surface area contributed by atoms with Crippen molar-refractivity contribution in [3.8, 4) is 0 Å². The minimum Gasteiger partial charge on any atom is -0.381 e. The largest absolute Gasteiger partial charge is 0.381 e. The van der Waals surface area contributed by atoms with Crippen molar-refractivity contribution in [3.05, 3.63) is 29.8 Å². The third kappa shape index (κ3) is 3.03. The normalized spacial score (nSPS) is 23.3. The first-order valence-corrected chi connectivity index (χ1v) is 6.65. The van der Waals surface area contributed by atoms with Crippen LogP contribution >= 0.6 is 0 Å². The van der Waals surface area contributed by atoms with E-state index in [2.05, 4.69) is 48.5 Å². The molecule has 0 radical (unpaired) electrons. The Bertz CT molecular complexity index is 386. The fourth-order valence-electron chi connectivity index (χ4n) is 2.80. The molecular formula is C15H24N2O. The van der Waals surface area contributed by atoms with Crippen molar-refractivity contribution < 1.29 is 4.74 Å². The molecular weight excluding hydrogens is 224 g/mol. The lowest BCUT2D eigenvalue weighted by Gasteiger charge is -2.33. The lowest BCUT2D eigenvalue weighted by molar-refractivity contribution is 0.154. The highest BCUT2D eigenvalue weighted by molar-refractivity contribution is 5.47. The number of hydrogen-bond donors (Lipinski definition) is 1. The minimum absolute atomic E-state index is 0.257. The molecule has 1 aliphatic rings. The van der Waals surface area contributed by atoms with E-state index in [1.54, 1.807) is 0 Å². The van der Waals surface area contributed by atoms with Crippen LogP contribution in [0.15, 0.2) is 24.3 Å². The van der Waals surface area contributed by atoms with Crippen molar-refractivity contribution >= 4 is 5.69 Å². The summed E-state index contributed by atoms with van der Waals surface area (Å²) in [5, 5.41) is 3.31. The molecule has 1 fully saturated rings. The van der Waals surface area contributed by atoms with Crippen molar-refractivity contribution in [3.63, 3.8) is 0 Å². The summed E-state index contributed by atoms with van der Waals surface area (Å²) in [4.78, 5) is 2.35. The number of hydrogen-bond acceptors (Lipinski definition) is 3. The van der Waals surface area contributed by atoms with Gasteiger partial charge in [-0.25, -0.2) is 0 Å². The van der Waals surface area contributed by atoms with Gasteiger partial charge in [-0.05, 0) is 38.1 Å². The summed E-state index contributed by atoms with van der Waals surface area (Å²) in [6.07, 6.45) is 1.14. The van der Waals surface area contributed by atoms with Crippen LogP contribution in [-0.2, 0) is 4.74 Å². The van der Waals surface area contributed by atoms with Crippen molar-refractivity contribution in [1.82, 2.24) is 5.32 Å². The fourth-order valence-corrected chi connectivity index (χ4v) is 2.80. The van der Waals surface area contributed by atoms with Gasteiger partial charge in [-0.15, -0.1) is 0 Å². The zero-order valence-electron chi connectivity index (χ0n) is 11.7. The molecule has 18 heavy (non-hydrogen) atoms. The van der Waals surface area contributed by atoms with Crippen molar-refractivity contribution in [2.75, 3.05) is 45.3 Å². The lowest BCUT2D eigenvalue weighted by atomic mass is 9.86. The number of ether oxygens (including phenoxy) is 1. The molecule has 1 unspecified atom stereocenters. The Kier molecular flexibility index (Phi) is 4.25. The standard InChI is InChI=1S/C15H24N2O/c1-13-5-4-6-14(9-13)17(3)11-15(10-16-2)7-8-18-12-15/h4-6,9,16H,7-8,10-12H2,1-3H3. The van der Waals surface area contributed by atoms with Crippen LogP contribution in [-0.4, -0.2) is 40.4 Å². The molecule has 3 heteroatoms. The average Bonchev–Trinajstić information content (AvgIpc) is 2.78. The van der Waals surface area contributed by atoms with Gasteiger partial charge in [0.25, 0.3) is 0 Å². The molecule has 2 rings (SSSR count). The maximum absolute atomic E-state index is 5.61. The Morgan fingerprint density at radius 2 is 2.28 bits per heavy atom. The van der Waals surface area contributed by atoms with Gasteiger partial charge in [-0.1, -0.05) is 12.1 Å². The predicted molar refractivity (Wildman–Crippen MR) is 76.2 cm³/mol. The highest BCUT2D eigenvalue weighted by Gasteiger charge is 2.35. The van der Waals surface area contributed by atoms with E-state index in [4.69, 9.17) is 4.74 Å². The molecule has 1 saturated heterocycles. The molecule has 3 nitrogen and oxygen atoms in total. The quantitative estimate of drug-likeness (QED) is 0.863. The van der Waals surface area contributed by atoms with Crippen LogP contribution in [0.1, 0.15) is 12.0 Å². The Balaban J connectivity index is 2.07. The smallest absolute Gasteiger partial charge is 0.0552 e. The molecule has 1 aromatic rings. The topological polar surface area (TPSA) is 24.5 Å². The predicted octanol–water partition coefficient (Wildman–Crippen LogP) is 2.06. The number of nitrogens with one attached hydrogen (secondary N) is 1. The van der Waals surface area contributed by atoms with Gasteiger partial charge in [0.1, 0.15) is 0 Å². The van der Waals surface area contributed by atoms with Crippen molar-refractivity contribution in [2.45, 2.75) is 13.3 Å². The van der Waals surface area contributed by atoms with Crippen LogP contribution in [0.25, 0.3) is 0 Å². The molecule has 1 N–H and O–H groups in total. The second kappa shape index (κ2) is 5.72. The van der Waals surface area contributed by atoms with Gasteiger partial charge >= 0.3 is 0 Å². The van der Waals surface area contributed by atoms with Crippen molar-refractivity contribution in [1.29, 1.82) is 0 Å². The molecule has 1 atom stereocenters. The van der Waals surface area contributed by atoms with E-state index >= 15 is 0 Å². The van der Waals surface area contributed by atoms with Crippen LogP contribution in [0.3, 0.4) is 0 Å². The van der Waals surface area contributed by atoms with Gasteiger partial charge in [0.2, 0.25) is 0 Å². The summed E-state index contributed by atoms with van der Waals surface area (Å²) in [6, 6.07) is 8.68. The molecule has 1 heterocycles. The molecule has 100 valence electrons. The molecule has 0 saturated carbocycles. The summed E-state index contributed by atoms with van der Waals surface area (Å²) in [5.41, 5.74) is 2.86. The first-order valence-electron chi connectivity index (χ1n) is 6.65. The molecule has 0 spiro atoms.